The first-order valence-corrected chi connectivity index (χ1v) is 24.1. The molecular weight excluding hydrogens is 877 g/mol. The second kappa shape index (κ2) is 17.9. The van der Waals surface area contributed by atoms with Crippen LogP contribution in [0.1, 0.15) is 65.0 Å². The Kier molecular flexibility index (Phi) is 8.62. The number of hydrogen-bond donors (Lipinski definition) is 0. The number of rotatable bonds is 10. The first-order chi connectivity index (χ1) is 39.2. The van der Waals surface area contributed by atoms with E-state index < -0.39 is 36.3 Å². The molecule has 0 saturated carbocycles. The van der Waals surface area contributed by atoms with E-state index in [4.69, 9.17) is 20.7 Å². The first kappa shape index (κ1) is 34.6. The number of pyridine rings is 1. The van der Waals surface area contributed by atoms with Crippen LogP contribution in [0, 0.1) is 0 Å². The Balaban J connectivity index is 0.968. The summed E-state index contributed by atoms with van der Waals surface area (Å²) in [7, 11) is 0. The standard InChI is InChI=1S/C67H56N4O/c1-66(2,3)51-27-17-24-49(40-51)57-31-19-30-56(47-22-11-7-12-23-47)65(57)70-45-69(61-32-15-16-33-62(61)70)53-28-18-29-54(43-53)72-55-35-36-58-59-41-48(46-20-9-6-10-21-46)34-37-60(59)71(63(58)44-55)64-42-52(38-39-68-64)67(4,5)50-25-13-8-14-26-50/h6-44H,45H2,1-5H3/i6D,7D,9D,10D,11D,12D,20D,21D,22D,23D. The number of hydrogen-bond acceptors (Lipinski definition) is 4. The zero-order valence-corrected chi connectivity index (χ0v) is 40.6. The predicted molar refractivity (Wildman–Crippen MR) is 301 cm³/mol. The highest BCUT2D eigenvalue weighted by Gasteiger charge is 2.32. The number of benzene rings is 9. The van der Waals surface area contributed by atoms with E-state index in [1.165, 1.54) is 0 Å². The Labute approximate surface area is 436 Å². The predicted octanol–water partition coefficient (Wildman–Crippen LogP) is 17.8. The molecule has 0 aliphatic carbocycles. The fourth-order valence-electron chi connectivity index (χ4n) is 10.1. The van der Waals surface area contributed by atoms with E-state index in [1.807, 2.05) is 128 Å². The molecule has 3 heterocycles. The summed E-state index contributed by atoms with van der Waals surface area (Å²) in [5, 5.41) is 1.62. The quantitative estimate of drug-likeness (QED) is 0.137. The van der Waals surface area contributed by atoms with Crippen molar-refractivity contribution >= 4 is 44.6 Å². The molecule has 11 aromatic rings. The third kappa shape index (κ3) is 8.07. The second-order valence-electron chi connectivity index (χ2n) is 19.8. The Hall–Kier alpha value is -8.67. The first-order valence-electron chi connectivity index (χ1n) is 29.1. The minimum Gasteiger partial charge on any atom is -0.457 e. The lowest BCUT2D eigenvalue weighted by molar-refractivity contribution is 0.483. The number of para-hydroxylation sites is 3. The van der Waals surface area contributed by atoms with Crippen LogP contribution in [0.2, 0.25) is 0 Å². The highest BCUT2D eigenvalue weighted by molar-refractivity contribution is 6.11. The summed E-state index contributed by atoms with van der Waals surface area (Å²) in [4.78, 5) is 9.31. The van der Waals surface area contributed by atoms with Gasteiger partial charge < -0.3 is 14.5 Å². The molecule has 0 unspecified atom stereocenters. The molecule has 0 bridgehead atoms. The molecule has 5 heteroatoms. The molecule has 0 atom stereocenters. The number of fused-ring (bicyclic) bond motifs is 4. The van der Waals surface area contributed by atoms with Gasteiger partial charge in [0, 0.05) is 51.3 Å². The van der Waals surface area contributed by atoms with Gasteiger partial charge in [-0.2, -0.15) is 0 Å². The van der Waals surface area contributed by atoms with Crippen LogP contribution < -0.4 is 14.5 Å². The van der Waals surface area contributed by atoms with Crippen LogP contribution in [-0.2, 0) is 10.8 Å². The largest absolute Gasteiger partial charge is 0.457 e. The van der Waals surface area contributed by atoms with Crippen LogP contribution in [0.3, 0.4) is 0 Å². The molecule has 12 rings (SSSR count). The van der Waals surface area contributed by atoms with Crippen LogP contribution in [0.15, 0.2) is 236 Å². The minimum atomic E-state index is -0.453. The van der Waals surface area contributed by atoms with Crippen molar-refractivity contribution in [2.45, 2.75) is 45.4 Å². The number of nitrogens with zero attached hydrogens (tertiary/aromatic N) is 4. The van der Waals surface area contributed by atoms with Crippen LogP contribution in [-0.4, -0.2) is 16.2 Å². The third-order valence-corrected chi connectivity index (χ3v) is 13.9. The number of aromatic nitrogens is 2. The monoisotopic (exact) mass is 943 g/mol. The highest BCUT2D eigenvalue weighted by atomic mass is 16.5. The van der Waals surface area contributed by atoms with Crippen LogP contribution >= 0.6 is 0 Å². The molecule has 5 nitrogen and oxygen atoms in total. The lowest BCUT2D eigenvalue weighted by Crippen LogP contribution is -2.25. The van der Waals surface area contributed by atoms with Gasteiger partial charge >= 0.3 is 0 Å². The SMILES string of the molecule is [2H]c1c([2H])c([2H])c(-c2ccc3c(c2)c2ccc(Oc4cccc(N5CN(c6c(-c7cccc(C(C)(C)C)c7)cccc6-c6c([2H])c([2H])c([2H])c([2H])c6[2H])c6ccccc65)c4)cc2n3-c2cc(C(C)(C)c3ccccc3)ccn2)c([2H])c1[2H]. The summed E-state index contributed by atoms with van der Waals surface area (Å²) < 4.78 is 95.9. The molecule has 1 aliphatic rings. The lowest BCUT2D eigenvalue weighted by atomic mass is 9.78. The van der Waals surface area contributed by atoms with Gasteiger partial charge in [0.1, 0.15) is 24.0 Å². The summed E-state index contributed by atoms with van der Waals surface area (Å²) in [6.45, 7) is 11.2. The van der Waals surface area contributed by atoms with Gasteiger partial charge in [0.25, 0.3) is 0 Å². The van der Waals surface area contributed by atoms with Gasteiger partial charge in [-0.25, -0.2) is 4.98 Å². The number of ether oxygens (including phenoxy) is 1. The molecule has 2 aromatic heterocycles. The van der Waals surface area contributed by atoms with Crippen LogP contribution in [0.5, 0.6) is 11.5 Å². The minimum absolute atomic E-state index is 0.117. The molecule has 72 heavy (non-hydrogen) atoms. The zero-order chi connectivity index (χ0) is 57.7. The van der Waals surface area contributed by atoms with Gasteiger partial charge in [-0.15, -0.1) is 0 Å². The van der Waals surface area contributed by atoms with Crippen molar-refractivity contribution in [3.05, 3.63) is 253 Å². The van der Waals surface area contributed by atoms with E-state index in [9.17, 15) is 2.74 Å². The molecule has 350 valence electrons. The Bertz CT molecular complexity index is 4340. The van der Waals surface area contributed by atoms with Crippen molar-refractivity contribution in [2.75, 3.05) is 16.5 Å². The van der Waals surface area contributed by atoms with E-state index in [1.54, 1.807) is 6.07 Å². The van der Waals surface area contributed by atoms with Crippen LogP contribution in [0.25, 0.3) is 61.0 Å². The van der Waals surface area contributed by atoms with Gasteiger partial charge in [-0.1, -0.05) is 192 Å². The molecule has 0 N–H and O–H groups in total. The Morgan fingerprint density at radius 3 is 1.90 bits per heavy atom. The maximum Gasteiger partial charge on any atom is 0.137 e. The zero-order valence-electron chi connectivity index (χ0n) is 50.6. The van der Waals surface area contributed by atoms with Crippen molar-refractivity contribution < 1.29 is 18.4 Å². The van der Waals surface area contributed by atoms with Crippen molar-refractivity contribution in [1.29, 1.82) is 0 Å². The van der Waals surface area contributed by atoms with Crippen molar-refractivity contribution in [3.8, 4) is 50.7 Å². The maximum atomic E-state index is 9.18. The van der Waals surface area contributed by atoms with Gasteiger partial charge in [0.2, 0.25) is 0 Å². The van der Waals surface area contributed by atoms with E-state index in [-0.39, 0.29) is 46.1 Å². The smallest absolute Gasteiger partial charge is 0.137 e. The summed E-state index contributed by atoms with van der Waals surface area (Å²) in [6, 6.07) is 52.3. The van der Waals surface area contributed by atoms with Gasteiger partial charge in [0.15, 0.2) is 0 Å². The Morgan fingerprint density at radius 2 is 1.14 bits per heavy atom. The molecule has 0 spiro atoms. The van der Waals surface area contributed by atoms with E-state index in [0.717, 1.165) is 66.7 Å². The molecule has 0 saturated heterocycles. The molecular formula is C67H56N4O. The van der Waals surface area contributed by atoms with Crippen molar-refractivity contribution in [1.82, 2.24) is 9.55 Å². The van der Waals surface area contributed by atoms with Gasteiger partial charge in [0.05, 0.1) is 41.8 Å². The summed E-state index contributed by atoms with van der Waals surface area (Å²) >= 11 is 0. The van der Waals surface area contributed by atoms with Crippen LogP contribution in [0.4, 0.5) is 22.7 Å². The van der Waals surface area contributed by atoms with E-state index in [0.29, 0.717) is 40.8 Å². The lowest BCUT2D eigenvalue weighted by Gasteiger charge is -2.28. The summed E-state index contributed by atoms with van der Waals surface area (Å²) in [6.07, 6.45) is 1.82. The molecule has 0 radical (unpaired) electrons. The Morgan fingerprint density at radius 1 is 0.472 bits per heavy atom. The van der Waals surface area contributed by atoms with Crippen molar-refractivity contribution in [2.24, 2.45) is 0 Å². The molecule has 1 aliphatic heterocycles. The topological polar surface area (TPSA) is 33.5 Å². The fourth-order valence-corrected chi connectivity index (χ4v) is 10.1. The fraction of sp³-hybridized carbons (Fsp3) is 0.119. The van der Waals surface area contributed by atoms with Crippen molar-refractivity contribution in [3.63, 3.8) is 0 Å². The maximum absolute atomic E-state index is 9.18. The van der Waals surface area contributed by atoms with E-state index >= 15 is 0 Å². The van der Waals surface area contributed by atoms with E-state index in [2.05, 4.69) is 91.5 Å². The molecule has 0 amide bonds. The normalized spacial score (nSPS) is 14.6. The highest BCUT2D eigenvalue weighted by Crippen LogP contribution is 2.51. The summed E-state index contributed by atoms with van der Waals surface area (Å²) in [5.41, 5.74) is 10.6. The number of anilines is 4. The van der Waals surface area contributed by atoms with Gasteiger partial charge in [-0.3, -0.25) is 4.57 Å². The molecule has 0 fully saturated rings. The average Bonchev–Trinajstić information content (AvgIpc) is 3.67. The second-order valence-corrected chi connectivity index (χ2v) is 19.8. The molecule has 9 aromatic carbocycles. The van der Waals surface area contributed by atoms with Gasteiger partial charge in [-0.05, 0) is 105 Å². The average molecular weight is 943 g/mol. The third-order valence-electron chi connectivity index (χ3n) is 13.9. The summed E-state index contributed by atoms with van der Waals surface area (Å²) in [5.74, 6) is 1.76.